The van der Waals surface area contributed by atoms with Crippen molar-refractivity contribution in [2.75, 3.05) is 13.1 Å². The Hall–Kier alpha value is -2.69. The number of hydrogen-bond acceptors (Lipinski definition) is 4. The van der Waals surface area contributed by atoms with Gasteiger partial charge in [-0.1, -0.05) is 0 Å². The molecular weight excluding hydrogens is 402 g/mol. The van der Waals surface area contributed by atoms with E-state index >= 15 is 0 Å². The lowest BCUT2D eigenvalue weighted by Crippen LogP contribution is -2.36. The van der Waals surface area contributed by atoms with Crippen LogP contribution in [0.3, 0.4) is 0 Å². The highest BCUT2D eigenvalue weighted by atomic mass is 19.4. The zero-order valence-corrected chi connectivity index (χ0v) is 14.9. The Bertz CT molecular complexity index is 920. The molecular formula is C18H16F6N4O. The average Bonchev–Trinajstić information content (AvgIpc) is 3.15. The van der Waals surface area contributed by atoms with Gasteiger partial charge in [0.1, 0.15) is 11.5 Å². The highest BCUT2D eigenvalue weighted by molar-refractivity contribution is 5.92. The van der Waals surface area contributed by atoms with Crippen molar-refractivity contribution < 1.29 is 31.1 Å². The van der Waals surface area contributed by atoms with Crippen molar-refractivity contribution in [1.29, 1.82) is 0 Å². The van der Waals surface area contributed by atoms with E-state index < -0.39 is 47.0 Å². The monoisotopic (exact) mass is 418 g/mol. The summed E-state index contributed by atoms with van der Waals surface area (Å²) in [5.74, 6) is -4.45. The normalized spacial score (nSPS) is 18.2. The Morgan fingerprint density at radius 2 is 1.86 bits per heavy atom. The molecule has 5 nitrogen and oxygen atoms in total. The Morgan fingerprint density at radius 3 is 2.55 bits per heavy atom. The first-order chi connectivity index (χ1) is 13.6. The summed E-state index contributed by atoms with van der Waals surface area (Å²) in [5.41, 5.74) is 4.24. The van der Waals surface area contributed by atoms with Crippen LogP contribution in [0.25, 0.3) is 0 Å². The zero-order valence-electron chi connectivity index (χ0n) is 14.9. The Balaban J connectivity index is 1.67. The topological polar surface area (TPSA) is 72.1 Å². The molecule has 0 aliphatic carbocycles. The van der Waals surface area contributed by atoms with Crippen LogP contribution in [0, 0.1) is 23.4 Å². The standard InChI is InChI=1S/C18H16F6N4O/c19-11-5-13(21)12(20)3-10(11)4-14(25)9-1-2-28(8-9)17(29)15-6-26-7-16(27-15)18(22,23)24/h3,5-7,9,14H,1-2,4,8,25H2/t9?,14-/m1/s1. The summed E-state index contributed by atoms with van der Waals surface area (Å²) >= 11 is 0. The molecule has 0 spiro atoms. The summed E-state index contributed by atoms with van der Waals surface area (Å²) in [6.45, 7) is 0.332. The van der Waals surface area contributed by atoms with E-state index in [9.17, 15) is 31.1 Å². The predicted molar refractivity (Wildman–Crippen MR) is 89.0 cm³/mol. The fourth-order valence-electron chi connectivity index (χ4n) is 3.23. The van der Waals surface area contributed by atoms with Crippen molar-refractivity contribution in [3.63, 3.8) is 0 Å². The number of carbonyl (C=O) groups excluding carboxylic acids is 1. The number of aromatic nitrogens is 2. The van der Waals surface area contributed by atoms with Crippen molar-refractivity contribution in [2.24, 2.45) is 11.7 Å². The van der Waals surface area contributed by atoms with E-state index in [2.05, 4.69) is 9.97 Å². The first kappa shape index (κ1) is 21.0. The third-order valence-corrected chi connectivity index (χ3v) is 4.81. The lowest BCUT2D eigenvalue weighted by molar-refractivity contribution is -0.141. The molecule has 0 radical (unpaired) electrons. The summed E-state index contributed by atoms with van der Waals surface area (Å²) in [7, 11) is 0. The van der Waals surface area contributed by atoms with Gasteiger partial charge in [0, 0.05) is 25.2 Å². The van der Waals surface area contributed by atoms with E-state index in [0.29, 0.717) is 18.7 Å². The van der Waals surface area contributed by atoms with Crippen molar-refractivity contribution in [1.82, 2.24) is 14.9 Å². The van der Waals surface area contributed by atoms with Gasteiger partial charge in [0.25, 0.3) is 5.91 Å². The van der Waals surface area contributed by atoms with E-state index in [1.807, 2.05) is 0 Å². The van der Waals surface area contributed by atoms with Crippen LogP contribution in [-0.4, -0.2) is 39.9 Å². The number of nitrogens with two attached hydrogens (primary N) is 1. The Labute approximate surface area is 161 Å². The van der Waals surface area contributed by atoms with E-state index in [1.165, 1.54) is 4.90 Å². The molecule has 2 aromatic rings. The van der Waals surface area contributed by atoms with Gasteiger partial charge in [0.2, 0.25) is 0 Å². The largest absolute Gasteiger partial charge is 0.434 e. The molecule has 1 unspecified atom stereocenters. The molecule has 1 aliphatic rings. The van der Waals surface area contributed by atoms with Crippen LogP contribution in [0.2, 0.25) is 0 Å². The highest BCUT2D eigenvalue weighted by Gasteiger charge is 2.35. The minimum Gasteiger partial charge on any atom is -0.337 e. The Kier molecular flexibility index (Phi) is 5.78. The van der Waals surface area contributed by atoms with Crippen LogP contribution in [0.15, 0.2) is 24.5 Å². The van der Waals surface area contributed by atoms with Gasteiger partial charge in [-0.25, -0.2) is 18.2 Å². The summed E-state index contributed by atoms with van der Waals surface area (Å²) in [6.07, 6.45) is -2.92. The second-order valence-corrected chi connectivity index (χ2v) is 6.81. The molecule has 0 saturated carbocycles. The number of rotatable bonds is 4. The molecule has 156 valence electrons. The van der Waals surface area contributed by atoms with Crippen LogP contribution < -0.4 is 5.73 Å². The van der Waals surface area contributed by atoms with Gasteiger partial charge in [-0.05, 0) is 30.4 Å². The van der Waals surface area contributed by atoms with Gasteiger partial charge in [-0.15, -0.1) is 0 Å². The molecule has 1 aromatic heterocycles. The number of likely N-dealkylation sites (tertiary alicyclic amines) is 1. The molecule has 2 N–H and O–H groups in total. The maximum absolute atomic E-state index is 13.8. The smallest absolute Gasteiger partial charge is 0.337 e. The SMILES string of the molecule is N[C@H](Cc1cc(F)c(F)cc1F)C1CCN(C(=O)c2cncc(C(F)(F)F)n2)C1. The quantitative estimate of drug-likeness (QED) is 0.612. The molecule has 1 aromatic carbocycles. The fourth-order valence-corrected chi connectivity index (χ4v) is 3.23. The number of nitrogens with zero attached hydrogens (tertiary/aromatic N) is 3. The van der Waals surface area contributed by atoms with Crippen molar-refractivity contribution in [3.05, 3.63) is 58.9 Å². The molecule has 1 fully saturated rings. The van der Waals surface area contributed by atoms with Crippen molar-refractivity contribution in [3.8, 4) is 0 Å². The third kappa shape index (κ3) is 4.66. The molecule has 2 heterocycles. The molecule has 29 heavy (non-hydrogen) atoms. The number of benzene rings is 1. The molecule has 11 heteroatoms. The van der Waals surface area contributed by atoms with Crippen LogP contribution in [0.4, 0.5) is 26.3 Å². The van der Waals surface area contributed by atoms with E-state index in [0.717, 1.165) is 12.3 Å². The van der Waals surface area contributed by atoms with Gasteiger partial charge in [0.15, 0.2) is 17.3 Å². The summed E-state index contributed by atoms with van der Waals surface area (Å²) in [4.78, 5) is 20.5. The fraction of sp³-hybridized carbons (Fsp3) is 0.389. The first-order valence-corrected chi connectivity index (χ1v) is 8.63. The van der Waals surface area contributed by atoms with E-state index in [-0.39, 0.29) is 31.0 Å². The second kappa shape index (κ2) is 7.97. The predicted octanol–water partition coefficient (Wildman–Crippen LogP) is 2.94. The Morgan fingerprint density at radius 1 is 1.17 bits per heavy atom. The third-order valence-electron chi connectivity index (χ3n) is 4.81. The lowest BCUT2D eigenvalue weighted by atomic mass is 9.93. The first-order valence-electron chi connectivity index (χ1n) is 8.63. The number of hydrogen-bond donors (Lipinski definition) is 1. The zero-order chi connectivity index (χ0) is 21.3. The van der Waals surface area contributed by atoms with Crippen molar-refractivity contribution >= 4 is 5.91 Å². The molecule has 2 atom stereocenters. The summed E-state index contributed by atoms with van der Waals surface area (Å²) in [5, 5.41) is 0. The van der Waals surface area contributed by atoms with Gasteiger partial charge in [0.05, 0.1) is 12.4 Å². The minimum atomic E-state index is -4.73. The van der Waals surface area contributed by atoms with Crippen LogP contribution in [0.1, 0.15) is 28.2 Å². The van der Waals surface area contributed by atoms with E-state index in [1.54, 1.807) is 0 Å². The van der Waals surface area contributed by atoms with Gasteiger partial charge in [-0.2, -0.15) is 13.2 Å². The summed E-state index contributed by atoms with van der Waals surface area (Å²) < 4.78 is 78.4. The van der Waals surface area contributed by atoms with Gasteiger partial charge >= 0.3 is 6.18 Å². The van der Waals surface area contributed by atoms with Crippen molar-refractivity contribution in [2.45, 2.75) is 25.1 Å². The van der Waals surface area contributed by atoms with E-state index in [4.69, 9.17) is 5.73 Å². The van der Waals surface area contributed by atoms with Crippen LogP contribution in [0.5, 0.6) is 0 Å². The van der Waals surface area contributed by atoms with Gasteiger partial charge < -0.3 is 10.6 Å². The number of halogens is 6. The number of amides is 1. The molecule has 3 rings (SSSR count). The number of alkyl halides is 3. The molecule has 1 amide bonds. The average molecular weight is 418 g/mol. The van der Waals surface area contributed by atoms with Gasteiger partial charge in [-0.3, -0.25) is 9.78 Å². The maximum Gasteiger partial charge on any atom is 0.434 e. The van der Waals surface area contributed by atoms with Crippen LogP contribution in [-0.2, 0) is 12.6 Å². The molecule has 0 bridgehead atoms. The summed E-state index contributed by atoms with van der Waals surface area (Å²) in [6, 6.07) is 0.508. The molecule has 1 saturated heterocycles. The number of carbonyl (C=O) groups is 1. The van der Waals surface area contributed by atoms with Crippen LogP contribution >= 0.6 is 0 Å². The minimum absolute atomic E-state index is 0.0842. The highest BCUT2D eigenvalue weighted by Crippen LogP contribution is 2.28. The lowest BCUT2D eigenvalue weighted by Gasteiger charge is -2.21. The molecule has 1 aliphatic heterocycles. The second-order valence-electron chi connectivity index (χ2n) is 6.81. The maximum atomic E-state index is 13.8.